The Morgan fingerprint density at radius 1 is 1.33 bits per heavy atom. The SMILES string of the molecule is Cc1ccc(N2CCC(C3NNCC3C)C2)nn1. The van der Waals surface area contributed by atoms with Crippen LogP contribution >= 0.6 is 0 Å². The summed E-state index contributed by atoms with van der Waals surface area (Å²) in [5.41, 5.74) is 7.66. The minimum atomic E-state index is 0.591. The van der Waals surface area contributed by atoms with E-state index in [0.717, 1.165) is 31.1 Å². The molecule has 5 heteroatoms. The van der Waals surface area contributed by atoms with Gasteiger partial charge in [0, 0.05) is 25.7 Å². The Morgan fingerprint density at radius 2 is 2.22 bits per heavy atom. The highest BCUT2D eigenvalue weighted by molar-refractivity contribution is 5.38. The van der Waals surface area contributed by atoms with Crippen LogP contribution in [0.15, 0.2) is 12.1 Å². The standard InChI is InChI=1S/C13H21N5/c1-9-7-14-17-13(9)11-5-6-18(8-11)12-4-3-10(2)15-16-12/h3-4,9,11,13-14,17H,5-8H2,1-2H3. The van der Waals surface area contributed by atoms with Gasteiger partial charge in [0.15, 0.2) is 5.82 Å². The zero-order chi connectivity index (χ0) is 12.5. The van der Waals surface area contributed by atoms with Crippen molar-refractivity contribution in [3.8, 4) is 0 Å². The van der Waals surface area contributed by atoms with Gasteiger partial charge >= 0.3 is 0 Å². The number of hydrogen-bond acceptors (Lipinski definition) is 5. The predicted molar refractivity (Wildman–Crippen MR) is 71.2 cm³/mol. The van der Waals surface area contributed by atoms with Gasteiger partial charge in [0.1, 0.15) is 0 Å². The molecule has 0 spiro atoms. The smallest absolute Gasteiger partial charge is 0.151 e. The average molecular weight is 247 g/mol. The monoisotopic (exact) mass is 247 g/mol. The predicted octanol–water partition coefficient (Wildman–Crippen LogP) is 0.724. The topological polar surface area (TPSA) is 53.1 Å². The van der Waals surface area contributed by atoms with E-state index < -0.39 is 0 Å². The zero-order valence-corrected chi connectivity index (χ0v) is 11.1. The summed E-state index contributed by atoms with van der Waals surface area (Å²) in [5, 5.41) is 8.42. The molecule has 2 saturated heterocycles. The molecule has 0 aromatic carbocycles. The third-order valence-electron chi connectivity index (χ3n) is 4.15. The molecule has 18 heavy (non-hydrogen) atoms. The molecule has 0 bridgehead atoms. The fourth-order valence-electron chi connectivity index (χ4n) is 3.04. The van der Waals surface area contributed by atoms with Crippen LogP contribution in [0.5, 0.6) is 0 Å². The van der Waals surface area contributed by atoms with Crippen LogP contribution in [0.2, 0.25) is 0 Å². The summed E-state index contributed by atoms with van der Waals surface area (Å²) < 4.78 is 0. The number of hydrogen-bond donors (Lipinski definition) is 2. The minimum Gasteiger partial charge on any atom is -0.355 e. The van der Waals surface area contributed by atoms with Crippen molar-refractivity contribution >= 4 is 5.82 Å². The van der Waals surface area contributed by atoms with Crippen LogP contribution in [0.1, 0.15) is 19.0 Å². The van der Waals surface area contributed by atoms with Gasteiger partial charge in [0.05, 0.1) is 5.69 Å². The summed E-state index contributed by atoms with van der Waals surface area (Å²) in [4.78, 5) is 2.35. The fraction of sp³-hybridized carbons (Fsp3) is 0.692. The van der Waals surface area contributed by atoms with Crippen LogP contribution < -0.4 is 15.8 Å². The Hall–Kier alpha value is -1.20. The van der Waals surface area contributed by atoms with E-state index in [9.17, 15) is 0 Å². The fourth-order valence-corrected chi connectivity index (χ4v) is 3.04. The second kappa shape index (κ2) is 4.82. The minimum absolute atomic E-state index is 0.591. The number of aromatic nitrogens is 2. The van der Waals surface area contributed by atoms with Gasteiger partial charge in [-0.1, -0.05) is 6.92 Å². The largest absolute Gasteiger partial charge is 0.355 e. The third kappa shape index (κ3) is 2.20. The highest BCUT2D eigenvalue weighted by atomic mass is 15.4. The molecule has 3 heterocycles. The van der Waals surface area contributed by atoms with Gasteiger partial charge in [0.2, 0.25) is 0 Å². The first-order valence-electron chi connectivity index (χ1n) is 6.77. The van der Waals surface area contributed by atoms with Crippen LogP contribution in [0.25, 0.3) is 0 Å². The zero-order valence-electron chi connectivity index (χ0n) is 11.1. The molecule has 98 valence electrons. The molecule has 3 unspecified atom stereocenters. The lowest BCUT2D eigenvalue weighted by Crippen LogP contribution is -2.39. The molecule has 1 aromatic rings. The van der Waals surface area contributed by atoms with Gasteiger partial charge in [-0.05, 0) is 37.3 Å². The number of nitrogens with one attached hydrogen (secondary N) is 2. The number of anilines is 1. The first-order chi connectivity index (χ1) is 8.74. The number of rotatable bonds is 2. The number of hydrazine groups is 1. The van der Waals surface area contributed by atoms with Crippen molar-refractivity contribution < 1.29 is 0 Å². The molecule has 1 aromatic heterocycles. The molecular weight excluding hydrogens is 226 g/mol. The second-order valence-corrected chi connectivity index (χ2v) is 5.56. The van der Waals surface area contributed by atoms with E-state index in [1.54, 1.807) is 0 Å². The Labute approximate surface area is 108 Å². The lowest BCUT2D eigenvalue weighted by molar-refractivity contribution is 0.352. The summed E-state index contributed by atoms with van der Waals surface area (Å²) >= 11 is 0. The quantitative estimate of drug-likeness (QED) is 0.806. The maximum atomic E-state index is 4.28. The van der Waals surface area contributed by atoms with E-state index >= 15 is 0 Å². The Morgan fingerprint density at radius 3 is 2.89 bits per heavy atom. The Bertz CT molecular complexity index is 404. The van der Waals surface area contributed by atoms with Crippen molar-refractivity contribution in [1.29, 1.82) is 0 Å². The Balaban J connectivity index is 1.66. The van der Waals surface area contributed by atoms with E-state index in [1.807, 2.05) is 13.0 Å². The van der Waals surface area contributed by atoms with E-state index in [4.69, 9.17) is 0 Å². The van der Waals surface area contributed by atoms with Crippen molar-refractivity contribution in [2.45, 2.75) is 26.3 Å². The van der Waals surface area contributed by atoms with Gasteiger partial charge in [-0.25, -0.2) is 0 Å². The highest BCUT2D eigenvalue weighted by Gasteiger charge is 2.35. The van der Waals surface area contributed by atoms with Crippen molar-refractivity contribution in [2.24, 2.45) is 11.8 Å². The molecule has 3 atom stereocenters. The van der Waals surface area contributed by atoms with Crippen molar-refractivity contribution in [1.82, 2.24) is 21.0 Å². The van der Waals surface area contributed by atoms with Gasteiger partial charge in [-0.2, -0.15) is 5.10 Å². The van der Waals surface area contributed by atoms with Crippen LogP contribution in [0.3, 0.4) is 0 Å². The summed E-state index contributed by atoms with van der Waals surface area (Å²) in [6.07, 6.45) is 1.24. The molecule has 2 N–H and O–H groups in total. The molecular formula is C13H21N5. The first kappa shape index (κ1) is 11.9. The molecule has 2 aliphatic heterocycles. The molecule has 0 amide bonds. The molecule has 2 aliphatic rings. The summed E-state index contributed by atoms with van der Waals surface area (Å²) in [6, 6.07) is 4.70. The number of nitrogens with zero attached hydrogens (tertiary/aromatic N) is 3. The van der Waals surface area contributed by atoms with E-state index in [1.165, 1.54) is 6.42 Å². The van der Waals surface area contributed by atoms with Crippen molar-refractivity contribution in [3.05, 3.63) is 17.8 Å². The van der Waals surface area contributed by atoms with Crippen LogP contribution in [0, 0.1) is 18.8 Å². The molecule has 3 rings (SSSR count). The average Bonchev–Trinajstić information content (AvgIpc) is 2.98. The van der Waals surface area contributed by atoms with E-state index in [-0.39, 0.29) is 0 Å². The lowest BCUT2D eigenvalue weighted by atomic mass is 9.90. The van der Waals surface area contributed by atoms with Crippen LogP contribution in [-0.2, 0) is 0 Å². The van der Waals surface area contributed by atoms with Crippen molar-refractivity contribution in [3.63, 3.8) is 0 Å². The van der Waals surface area contributed by atoms with Gasteiger partial charge < -0.3 is 4.90 Å². The Kier molecular flexibility index (Phi) is 3.18. The van der Waals surface area contributed by atoms with E-state index in [0.29, 0.717) is 17.9 Å². The summed E-state index contributed by atoms with van der Waals surface area (Å²) in [6.45, 7) is 7.53. The molecule has 0 saturated carbocycles. The molecule has 0 aliphatic carbocycles. The maximum Gasteiger partial charge on any atom is 0.151 e. The highest BCUT2D eigenvalue weighted by Crippen LogP contribution is 2.28. The maximum absolute atomic E-state index is 4.28. The summed E-state index contributed by atoms with van der Waals surface area (Å²) in [5.74, 6) is 2.43. The van der Waals surface area contributed by atoms with Crippen LogP contribution in [-0.4, -0.2) is 35.9 Å². The molecule has 0 radical (unpaired) electrons. The third-order valence-corrected chi connectivity index (χ3v) is 4.15. The number of aryl methyl sites for hydroxylation is 1. The normalized spacial score (nSPS) is 32.1. The second-order valence-electron chi connectivity index (χ2n) is 5.56. The van der Waals surface area contributed by atoms with Gasteiger partial charge in [-0.3, -0.25) is 10.9 Å². The molecule has 5 nitrogen and oxygen atoms in total. The lowest BCUT2D eigenvalue weighted by Gasteiger charge is -2.22. The van der Waals surface area contributed by atoms with Crippen molar-refractivity contribution in [2.75, 3.05) is 24.5 Å². The van der Waals surface area contributed by atoms with Crippen LogP contribution in [0.4, 0.5) is 5.82 Å². The van der Waals surface area contributed by atoms with E-state index in [2.05, 4.69) is 38.9 Å². The summed E-state index contributed by atoms with van der Waals surface area (Å²) in [7, 11) is 0. The van der Waals surface area contributed by atoms with Gasteiger partial charge in [-0.15, -0.1) is 5.10 Å². The molecule has 2 fully saturated rings. The first-order valence-corrected chi connectivity index (χ1v) is 6.77. The van der Waals surface area contributed by atoms with Gasteiger partial charge in [0.25, 0.3) is 0 Å².